The standard InChI is InChI=1S/C19H25FN4O5/c1-5-28-17(26)9-12(22-18(27)29-19(2,3)4)8-13-11-21-24(23-13)14-6-7-16(25)15(20)10-14/h6-7,10-12,25H,5,8-9H2,1-4H3,(H,22,27). The predicted molar refractivity (Wildman–Crippen MR) is 101 cm³/mol. The van der Waals surface area contributed by atoms with Crippen LogP contribution in [0.2, 0.25) is 0 Å². The van der Waals surface area contributed by atoms with Crippen molar-refractivity contribution in [2.45, 2.75) is 52.2 Å². The highest BCUT2D eigenvalue weighted by molar-refractivity contribution is 5.73. The Labute approximate surface area is 167 Å². The number of esters is 1. The summed E-state index contributed by atoms with van der Waals surface area (Å²) in [6.07, 6.45) is 0.881. The van der Waals surface area contributed by atoms with Crippen LogP contribution in [0.1, 0.15) is 39.8 Å². The summed E-state index contributed by atoms with van der Waals surface area (Å²) >= 11 is 0. The summed E-state index contributed by atoms with van der Waals surface area (Å²) in [6, 6.07) is 3.11. The molecule has 158 valence electrons. The summed E-state index contributed by atoms with van der Waals surface area (Å²) in [5.74, 6) is -1.74. The van der Waals surface area contributed by atoms with Gasteiger partial charge in [-0.15, -0.1) is 0 Å². The van der Waals surface area contributed by atoms with Crippen LogP contribution in [0.25, 0.3) is 5.69 Å². The summed E-state index contributed by atoms with van der Waals surface area (Å²) in [7, 11) is 0. The zero-order valence-electron chi connectivity index (χ0n) is 16.8. The van der Waals surface area contributed by atoms with Crippen LogP contribution < -0.4 is 5.32 Å². The summed E-state index contributed by atoms with van der Waals surface area (Å²) in [6.45, 7) is 7.11. The van der Waals surface area contributed by atoms with E-state index in [2.05, 4.69) is 15.5 Å². The Bertz CT molecular complexity index is 863. The fourth-order valence-electron chi connectivity index (χ4n) is 2.45. The third-order valence-electron chi connectivity index (χ3n) is 3.60. The summed E-state index contributed by atoms with van der Waals surface area (Å²) in [5, 5.41) is 20.2. The molecule has 29 heavy (non-hydrogen) atoms. The van der Waals surface area contributed by atoms with Crippen molar-refractivity contribution in [2.24, 2.45) is 0 Å². The van der Waals surface area contributed by atoms with E-state index in [1.54, 1.807) is 27.7 Å². The molecule has 0 aliphatic carbocycles. The number of aromatic hydroxyl groups is 1. The number of amides is 1. The van der Waals surface area contributed by atoms with Crippen molar-refractivity contribution >= 4 is 12.1 Å². The van der Waals surface area contributed by atoms with E-state index in [9.17, 15) is 19.1 Å². The van der Waals surface area contributed by atoms with Crippen LogP contribution in [0, 0.1) is 5.82 Å². The van der Waals surface area contributed by atoms with Crippen molar-refractivity contribution in [1.82, 2.24) is 20.3 Å². The fourth-order valence-corrected chi connectivity index (χ4v) is 2.45. The normalized spacial score (nSPS) is 12.3. The van der Waals surface area contributed by atoms with Crippen molar-refractivity contribution in [3.05, 3.63) is 35.9 Å². The van der Waals surface area contributed by atoms with Gasteiger partial charge >= 0.3 is 12.1 Å². The molecule has 0 aliphatic heterocycles. The number of nitrogens with one attached hydrogen (secondary N) is 1. The highest BCUT2D eigenvalue weighted by Crippen LogP contribution is 2.18. The van der Waals surface area contributed by atoms with E-state index >= 15 is 0 Å². The molecular weight excluding hydrogens is 383 g/mol. The number of carbonyl (C=O) groups excluding carboxylic acids is 2. The predicted octanol–water partition coefficient (Wildman–Crippen LogP) is 2.50. The van der Waals surface area contributed by atoms with Crippen molar-refractivity contribution in [2.75, 3.05) is 6.61 Å². The first-order chi connectivity index (χ1) is 13.6. The second kappa shape index (κ2) is 9.35. The highest BCUT2D eigenvalue weighted by Gasteiger charge is 2.23. The van der Waals surface area contributed by atoms with Gasteiger partial charge in [0.05, 0.1) is 30.6 Å². The zero-order chi connectivity index (χ0) is 21.6. The Morgan fingerprint density at radius 2 is 2.07 bits per heavy atom. The summed E-state index contributed by atoms with van der Waals surface area (Å²) in [4.78, 5) is 25.2. The van der Waals surface area contributed by atoms with E-state index < -0.39 is 35.3 Å². The molecule has 2 N–H and O–H groups in total. The SMILES string of the molecule is CCOC(=O)CC(Cc1cnn(-c2ccc(O)c(F)c2)n1)NC(=O)OC(C)(C)C. The zero-order valence-corrected chi connectivity index (χ0v) is 16.8. The van der Waals surface area contributed by atoms with E-state index in [-0.39, 0.29) is 19.4 Å². The van der Waals surface area contributed by atoms with Gasteiger partial charge in [0.2, 0.25) is 0 Å². The number of phenolic OH excluding ortho intramolecular Hbond substituents is 1. The van der Waals surface area contributed by atoms with Crippen LogP contribution in [-0.4, -0.2) is 50.4 Å². The number of benzene rings is 1. The van der Waals surface area contributed by atoms with Crippen molar-refractivity contribution in [3.8, 4) is 11.4 Å². The van der Waals surface area contributed by atoms with Gasteiger partial charge in [-0.25, -0.2) is 9.18 Å². The van der Waals surface area contributed by atoms with Gasteiger partial charge < -0.3 is 19.9 Å². The van der Waals surface area contributed by atoms with Crippen LogP contribution in [0.5, 0.6) is 5.75 Å². The largest absolute Gasteiger partial charge is 0.505 e. The molecule has 0 fully saturated rings. The van der Waals surface area contributed by atoms with Gasteiger partial charge in [0.1, 0.15) is 5.60 Å². The van der Waals surface area contributed by atoms with Crippen LogP contribution in [0.3, 0.4) is 0 Å². The molecule has 1 heterocycles. The second-order valence-electron chi connectivity index (χ2n) is 7.32. The number of phenols is 1. The third kappa shape index (κ3) is 7.05. The van der Waals surface area contributed by atoms with E-state index in [4.69, 9.17) is 9.47 Å². The minimum Gasteiger partial charge on any atom is -0.505 e. The van der Waals surface area contributed by atoms with Crippen LogP contribution in [-0.2, 0) is 20.7 Å². The van der Waals surface area contributed by atoms with Gasteiger partial charge in [-0.1, -0.05) is 0 Å². The van der Waals surface area contributed by atoms with Gasteiger partial charge in [0.25, 0.3) is 0 Å². The van der Waals surface area contributed by atoms with E-state index in [1.807, 2.05) is 0 Å². The maximum absolute atomic E-state index is 13.5. The quantitative estimate of drug-likeness (QED) is 0.676. The number of carbonyl (C=O) groups is 2. The van der Waals surface area contributed by atoms with Gasteiger partial charge in [0, 0.05) is 18.5 Å². The summed E-state index contributed by atoms with van der Waals surface area (Å²) in [5.41, 5.74) is 0.0856. The number of ether oxygens (including phenoxy) is 2. The number of hydrogen-bond acceptors (Lipinski definition) is 7. The molecule has 0 saturated heterocycles. The molecule has 9 nitrogen and oxygen atoms in total. The molecule has 0 spiro atoms. The Kier molecular flexibility index (Phi) is 7.13. The average molecular weight is 408 g/mol. The first-order valence-electron chi connectivity index (χ1n) is 9.12. The highest BCUT2D eigenvalue weighted by atomic mass is 19.1. The average Bonchev–Trinajstić information content (AvgIpc) is 3.04. The monoisotopic (exact) mass is 408 g/mol. The molecule has 10 heteroatoms. The number of rotatable bonds is 7. The molecule has 1 atom stereocenters. The number of hydrogen-bond donors (Lipinski definition) is 2. The molecule has 2 aromatic rings. The molecule has 0 bridgehead atoms. The lowest BCUT2D eigenvalue weighted by Gasteiger charge is -2.23. The van der Waals surface area contributed by atoms with E-state index in [0.29, 0.717) is 11.4 Å². The van der Waals surface area contributed by atoms with Gasteiger partial charge in [0.15, 0.2) is 11.6 Å². The number of halogens is 1. The Morgan fingerprint density at radius 1 is 1.34 bits per heavy atom. The van der Waals surface area contributed by atoms with Crippen molar-refractivity contribution in [3.63, 3.8) is 0 Å². The topological polar surface area (TPSA) is 116 Å². The lowest BCUT2D eigenvalue weighted by Crippen LogP contribution is -2.41. The first-order valence-corrected chi connectivity index (χ1v) is 9.12. The fraction of sp³-hybridized carbons (Fsp3) is 0.474. The molecule has 0 aliphatic rings. The van der Waals surface area contributed by atoms with E-state index in [0.717, 1.165) is 6.07 Å². The van der Waals surface area contributed by atoms with Crippen LogP contribution in [0.15, 0.2) is 24.4 Å². The number of nitrogens with zero attached hydrogens (tertiary/aromatic N) is 3. The molecular formula is C19H25FN4O5. The maximum atomic E-state index is 13.5. The lowest BCUT2D eigenvalue weighted by molar-refractivity contribution is -0.143. The Hall–Kier alpha value is -3.17. The molecule has 1 amide bonds. The van der Waals surface area contributed by atoms with Crippen LogP contribution >= 0.6 is 0 Å². The second-order valence-corrected chi connectivity index (χ2v) is 7.32. The Morgan fingerprint density at radius 3 is 2.69 bits per heavy atom. The minimum absolute atomic E-state index is 0.0756. The van der Waals surface area contributed by atoms with Gasteiger partial charge in [-0.2, -0.15) is 15.0 Å². The maximum Gasteiger partial charge on any atom is 0.407 e. The van der Waals surface area contributed by atoms with Gasteiger partial charge in [-0.05, 0) is 39.8 Å². The minimum atomic E-state index is -0.798. The Balaban J connectivity index is 2.13. The van der Waals surface area contributed by atoms with E-state index in [1.165, 1.54) is 23.1 Å². The molecule has 1 unspecified atom stereocenters. The third-order valence-corrected chi connectivity index (χ3v) is 3.60. The molecule has 0 radical (unpaired) electrons. The summed E-state index contributed by atoms with van der Waals surface area (Å²) < 4.78 is 23.7. The van der Waals surface area contributed by atoms with Crippen molar-refractivity contribution in [1.29, 1.82) is 0 Å². The number of alkyl carbamates (subject to hydrolysis) is 1. The molecule has 0 saturated carbocycles. The number of aromatic nitrogens is 3. The first kappa shape index (κ1) is 22.1. The molecule has 1 aromatic carbocycles. The molecule has 1 aromatic heterocycles. The van der Waals surface area contributed by atoms with Crippen molar-refractivity contribution < 1.29 is 28.6 Å². The van der Waals surface area contributed by atoms with Crippen LogP contribution in [0.4, 0.5) is 9.18 Å². The molecule has 2 rings (SSSR count). The van der Waals surface area contributed by atoms with Gasteiger partial charge in [-0.3, -0.25) is 4.79 Å². The smallest absolute Gasteiger partial charge is 0.407 e. The lowest BCUT2D eigenvalue weighted by atomic mass is 10.1.